The summed E-state index contributed by atoms with van der Waals surface area (Å²) in [6.45, 7) is -0.963. The van der Waals surface area contributed by atoms with E-state index >= 15 is 0 Å². The van der Waals surface area contributed by atoms with Gasteiger partial charge in [-0.1, -0.05) is 18.6 Å². The van der Waals surface area contributed by atoms with Gasteiger partial charge in [-0.15, -0.1) is 0 Å². The van der Waals surface area contributed by atoms with Crippen molar-refractivity contribution in [2.45, 2.75) is 36.8 Å². The van der Waals surface area contributed by atoms with Crippen LogP contribution in [0.5, 0.6) is 0 Å². The van der Waals surface area contributed by atoms with Gasteiger partial charge in [0.15, 0.2) is 0 Å². The van der Waals surface area contributed by atoms with E-state index in [1.54, 1.807) is 18.2 Å². The molecule has 0 aromatic heterocycles. The first-order chi connectivity index (χ1) is 11.7. The molecule has 1 heterocycles. The number of unbranched alkanes of at least 4 members (excludes halogenated alkanes) is 2. The number of amides is 1. The van der Waals surface area contributed by atoms with Crippen LogP contribution in [0.1, 0.15) is 31.2 Å². The van der Waals surface area contributed by atoms with Crippen LogP contribution in [0.15, 0.2) is 34.2 Å². The Balaban J connectivity index is 1.72. The molecule has 1 aromatic carbocycles. The number of benzene rings is 1. The molecular weight excluding hydrogens is 359 g/mol. The minimum atomic E-state index is -4.41. The van der Waals surface area contributed by atoms with Crippen LogP contribution < -0.4 is 10.0 Å². The number of aliphatic imine (C=N–C) groups is 1. The van der Waals surface area contributed by atoms with Crippen LogP contribution in [0.25, 0.3) is 0 Å². The molecule has 6 nitrogen and oxygen atoms in total. The summed E-state index contributed by atoms with van der Waals surface area (Å²) in [5, 5.41) is 1.81. The fourth-order valence-corrected chi connectivity index (χ4v) is 3.55. The Kier molecular flexibility index (Phi) is 6.04. The fourth-order valence-electron chi connectivity index (χ4n) is 2.30. The van der Waals surface area contributed by atoms with Gasteiger partial charge in [0, 0.05) is 18.5 Å². The SMILES string of the molecule is O=C(CCCCCN=C1NS(=O)(=O)c2ccccc21)NCC(F)(F)F. The summed E-state index contributed by atoms with van der Waals surface area (Å²) < 4.78 is 62.0. The van der Waals surface area contributed by atoms with E-state index in [0.717, 1.165) is 0 Å². The zero-order chi connectivity index (χ0) is 18.5. The minimum Gasteiger partial charge on any atom is -0.347 e. The molecule has 1 amide bonds. The minimum absolute atomic E-state index is 0.0160. The molecule has 2 rings (SSSR count). The quantitative estimate of drug-likeness (QED) is 0.712. The van der Waals surface area contributed by atoms with Gasteiger partial charge < -0.3 is 5.32 Å². The predicted octanol–water partition coefficient (Wildman–Crippen LogP) is 1.96. The molecule has 138 valence electrons. The highest BCUT2D eigenvalue weighted by atomic mass is 32.2. The first-order valence-electron chi connectivity index (χ1n) is 7.69. The molecule has 0 radical (unpaired) electrons. The zero-order valence-electron chi connectivity index (χ0n) is 13.3. The molecule has 0 bridgehead atoms. The zero-order valence-corrected chi connectivity index (χ0v) is 14.1. The number of fused-ring (bicyclic) bond motifs is 1. The second-order valence-corrected chi connectivity index (χ2v) is 7.19. The fraction of sp³-hybridized carbons (Fsp3) is 0.467. The summed E-state index contributed by atoms with van der Waals surface area (Å²) in [6.07, 6.45) is -2.75. The molecule has 0 atom stereocenters. The maximum atomic E-state index is 11.9. The molecule has 0 spiro atoms. The van der Waals surface area contributed by atoms with Gasteiger partial charge in [-0.25, -0.2) is 8.42 Å². The van der Waals surface area contributed by atoms with E-state index in [0.29, 0.717) is 37.2 Å². The van der Waals surface area contributed by atoms with Crippen molar-refractivity contribution in [3.63, 3.8) is 0 Å². The van der Waals surface area contributed by atoms with Crippen LogP contribution in [0.2, 0.25) is 0 Å². The number of halogens is 3. The van der Waals surface area contributed by atoms with Gasteiger partial charge in [-0.3, -0.25) is 14.5 Å². The Hall–Kier alpha value is -2.10. The second kappa shape index (κ2) is 7.85. The number of carbonyl (C=O) groups is 1. The number of hydrogen-bond acceptors (Lipinski definition) is 4. The molecule has 0 saturated heterocycles. The smallest absolute Gasteiger partial charge is 0.347 e. The van der Waals surface area contributed by atoms with Crippen molar-refractivity contribution >= 4 is 21.8 Å². The third-order valence-electron chi connectivity index (χ3n) is 3.48. The number of carbonyl (C=O) groups excluding carboxylic acids is 1. The second-order valence-electron chi connectivity index (χ2n) is 5.53. The maximum Gasteiger partial charge on any atom is 0.405 e. The van der Waals surface area contributed by atoms with Crippen molar-refractivity contribution in [1.82, 2.24) is 10.0 Å². The summed E-state index contributed by atoms with van der Waals surface area (Å²) in [5.74, 6) is -0.348. The van der Waals surface area contributed by atoms with E-state index in [1.165, 1.54) is 6.07 Å². The molecule has 10 heteroatoms. The number of alkyl halides is 3. The highest BCUT2D eigenvalue weighted by Crippen LogP contribution is 2.22. The van der Waals surface area contributed by atoms with E-state index in [1.807, 2.05) is 5.32 Å². The number of sulfonamides is 1. The van der Waals surface area contributed by atoms with Crippen molar-refractivity contribution in [2.24, 2.45) is 4.99 Å². The van der Waals surface area contributed by atoms with Crippen LogP contribution in [-0.4, -0.2) is 39.4 Å². The van der Waals surface area contributed by atoms with Crippen LogP contribution >= 0.6 is 0 Å². The van der Waals surface area contributed by atoms with Crippen LogP contribution in [0, 0.1) is 0 Å². The molecule has 0 unspecified atom stereocenters. The number of hydrogen-bond donors (Lipinski definition) is 2. The van der Waals surface area contributed by atoms with E-state index in [-0.39, 0.29) is 11.3 Å². The molecule has 2 N–H and O–H groups in total. The van der Waals surface area contributed by atoms with Gasteiger partial charge in [0.2, 0.25) is 5.91 Å². The van der Waals surface area contributed by atoms with E-state index in [4.69, 9.17) is 0 Å². The Morgan fingerprint density at radius 2 is 1.88 bits per heavy atom. The summed E-state index contributed by atoms with van der Waals surface area (Å²) in [4.78, 5) is 15.6. The number of amidine groups is 1. The average molecular weight is 377 g/mol. The third kappa shape index (κ3) is 5.73. The predicted molar refractivity (Wildman–Crippen MR) is 85.7 cm³/mol. The largest absolute Gasteiger partial charge is 0.405 e. The third-order valence-corrected chi connectivity index (χ3v) is 4.88. The van der Waals surface area contributed by atoms with Crippen LogP contribution in [0.3, 0.4) is 0 Å². The molecular formula is C15H18F3N3O3S. The molecule has 25 heavy (non-hydrogen) atoms. The Morgan fingerprint density at radius 3 is 2.60 bits per heavy atom. The molecule has 0 fully saturated rings. The summed E-state index contributed by atoms with van der Waals surface area (Å²) in [6, 6.07) is 6.51. The van der Waals surface area contributed by atoms with Crippen molar-refractivity contribution in [3.8, 4) is 0 Å². The van der Waals surface area contributed by atoms with Crippen molar-refractivity contribution in [2.75, 3.05) is 13.1 Å². The monoisotopic (exact) mass is 377 g/mol. The van der Waals surface area contributed by atoms with Crippen molar-refractivity contribution < 1.29 is 26.4 Å². The topological polar surface area (TPSA) is 87.6 Å². The van der Waals surface area contributed by atoms with Gasteiger partial charge in [-0.05, 0) is 25.0 Å². The first kappa shape index (κ1) is 19.2. The standard InChI is InChI=1S/C15H18F3N3O3S/c16-15(17,18)10-20-13(22)8-2-1-5-9-19-14-11-6-3-4-7-12(11)25(23,24)21-14/h3-4,6-7H,1-2,5,8-10H2,(H,19,21)(H,20,22). The van der Waals surface area contributed by atoms with Crippen molar-refractivity contribution in [1.29, 1.82) is 0 Å². The molecule has 0 saturated carbocycles. The molecule has 1 aliphatic rings. The summed E-state index contributed by atoms with van der Waals surface area (Å²) >= 11 is 0. The molecule has 1 aromatic rings. The van der Waals surface area contributed by atoms with Gasteiger partial charge in [-0.2, -0.15) is 13.2 Å². The van der Waals surface area contributed by atoms with Gasteiger partial charge in [0.05, 0.1) is 4.90 Å². The van der Waals surface area contributed by atoms with Gasteiger partial charge in [0.1, 0.15) is 12.4 Å². The Bertz CT molecular complexity index is 761. The van der Waals surface area contributed by atoms with Gasteiger partial charge in [0.25, 0.3) is 10.0 Å². The maximum absolute atomic E-state index is 11.9. The average Bonchev–Trinajstić information content (AvgIpc) is 2.79. The highest BCUT2D eigenvalue weighted by molar-refractivity contribution is 7.90. The first-order valence-corrected chi connectivity index (χ1v) is 9.17. The number of rotatable bonds is 7. The molecule has 1 aliphatic heterocycles. The lowest BCUT2D eigenvalue weighted by Crippen LogP contribution is -2.33. The number of nitrogens with zero attached hydrogens (tertiary/aromatic N) is 1. The highest BCUT2D eigenvalue weighted by Gasteiger charge is 2.30. The van der Waals surface area contributed by atoms with E-state index < -0.39 is 28.7 Å². The molecule has 0 aliphatic carbocycles. The lowest BCUT2D eigenvalue weighted by Gasteiger charge is -2.07. The normalized spacial score (nSPS) is 17.2. The Morgan fingerprint density at radius 1 is 1.16 bits per heavy atom. The lowest BCUT2D eigenvalue weighted by molar-refractivity contribution is -0.138. The van der Waals surface area contributed by atoms with Crippen LogP contribution in [0.4, 0.5) is 13.2 Å². The lowest BCUT2D eigenvalue weighted by atomic mass is 10.2. The van der Waals surface area contributed by atoms with E-state index in [2.05, 4.69) is 9.71 Å². The van der Waals surface area contributed by atoms with Crippen molar-refractivity contribution in [3.05, 3.63) is 29.8 Å². The number of nitrogens with one attached hydrogen (secondary N) is 2. The summed E-state index contributed by atoms with van der Waals surface area (Å²) in [5.41, 5.74) is 0.522. The Labute approximate surface area is 143 Å². The van der Waals surface area contributed by atoms with Gasteiger partial charge >= 0.3 is 6.18 Å². The summed E-state index contributed by atoms with van der Waals surface area (Å²) in [7, 11) is -3.56. The van der Waals surface area contributed by atoms with Crippen LogP contribution in [-0.2, 0) is 14.8 Å². The van der Waals surface area contributed by atoms with E-state index in [9.17, 15) is 26.4 Å².